The summed E-state index contributed by atoms with van der Waals surface area (Å²) in [5, 5.41) is 1.20. The van der Waals surface area contributed by atoms with Crippen molar-refractivity contribution in [2.24, 2.45) is 5.73 Å². The molecule has 1 aromatic rings. The minimum absolute atomic E-state index is 0.113. The van der Waals surface area contributed by atoms with Crippen LogP contribution in [0.4, 0.5) is 0 Å². The van der Waals surface area contributed by atoms with Crippen LogP contribution in [-0.4, -0.2) is 11.2 Å². The van der Waals surface area contributed by atoms with Crippen molar-refractivity contribution >= 4 is 23.1 Å². The highest BCUT2D eigenvalue weighted by atomic mass is 32.2. The Morgan fingerprint density at radius 2 is 2.07 bits per heavy atom. The molecule has 0 saturated carbocycles. The maximum absolute atomic E-state index is 5.72. The molecule has 0 unspecified atom stereocenters. The van der Waals surface area contributed by atoms with E-state index in [4.69, 9.17) is 5.73 Å². The largest absolute Gasteiger partial charge is 0.326 e. The van der Waals surface area contributed by atoms with Crippen molar-refractivity contribution in [2.75, 3.05) is 6.26 Å². The van der Waals surface area contributed by atoms with E-state index in [0.717, 1.165) is 5.75 Å². The van der Waals surface area contributed by atoms with Crippen LogP contribution < -0.4 is 5.73 Å². The molecule has 2 N–H and O–H groups in total. The van der Waals surface area contributed by atoms with E-state index in [1.165, 1.54) is 15.6 Å². The Kier molecular flexibility index (Phi) is 3.98. The van der Waals surface area contributed by atoms with Crippen LogP contribution in [0.3, 0.4) is 0 Å². The number of thiazole rings is 1. The first kappa shape index (κ1) is 12.0. The Morgan fingerprint density at radius 3 is 2.43 bits per heavy atom. The van der Waals surface area contributed by atoms with Crippen LogP contribution in [0.5, 0.6) is 0 Å². The van der Waals surface area contributed by atoms with Gasteiger partial charge in [-0.25, -0.2) is 4.98 Å². The van der Waals surface area contributed by atoms with Gasteiger partial charge in [-0.05, 0) is 6.26 Å². The van der Waals surface area contributed by atoms with Crippen LogP contribution in [0, 0.1) is 0 Å². The lowest BCUT2D eigenvalue weighted by Gasteiger charge is -2.16. The summed E-state index contributed by atoms with van der Waals surface area (Å²) in [5.41, 5.74) is 7.01. The van der Waals surface area contributed by atoms with Gasteiger partial charge in [0.25, 0.3) is 0 Å². The Labute approximate surface area is 94.3 Å². The summed E-state index contributed by atoms with van der Waals surface area (Å²) in [6.45, 7) is 7.16. The summed E-state index contributed by atoms with van der Waals surface area (Å²) in [5.74, 6) is 0.994. The summed E-state index contributed by atoms with van der Waals surface area (Å²) in [4.78, 5) is 5.90. The molecule has 0 aromatic carbocycles. The first-order valence-electron chi connectivity index (χ1n) is 4.67. The number of nitrogens with two attached hydrogens (primary N) is 1. The molecule has 0 fully saturated rings. The maximum atomic E-state index is 5.72. The van der Waals surface area contributed by atoms with Gasteiger partial charge in [-0.2, -0.15) is 11.8 Å². The molecular formula is C10H18N2S2. The maximum Gasteiger partial charge on any atom is 0.103 e. The second-order valence-electron chi connectivity index (χ2n) is 4.27. The molecule has 0 bridgehead atoms. The Hall–Kier alpha value is -0.0600. The van der Waals surface area contributed by atoms with Crippen molar-refractivity contribution in [1.82, 2.24) is 4.98 Å². The standard InChI is InChI=1S/C10H18N2S2/c1-10(2,3)9-7(5-11)14-8(12-9)6-13-4/h5-6,11H2,1-4H3. The lowest BCUT2D eigenvalue weighted by Crippen LogP contribution is -2.15. The lowest BCUT2D eigenvalue weighted by molar-refractivity contribution is 0.565. The molecule has 0 aliphatic heterocycles. The van der Waals surface area contributed by atoms with Gasteiger partial charge in [0.15, 0.2) is 0 Å². The van der Waals surface area contributed by atoms with Gasteiger partial charge < -0.3 is 5.73 Å². The molecule has 0 spiro atoms. The normalized spacial score (nSPS) is 12.1. The zero-order valence-electron chi connectivity index (χ0n) is 9.26. The van der Waals surface area contributed by atoms with Crippen LogP contribution >= 0.6 is 23.1 Å². The first-order chi connectivity index (χ1) is 6.49. The zero-order chi connectivity index (χ0) is 10.8. The number of hydrogen-bond acceptors (Lipinski definition) is 4. The number of thioether (sulfide) groups is 1. The fourth-order valence-electron chi connectivity index (χ4n) is 1.31. The predicted molar refractivity (Wildman–Crippen MR) is 65.9 cm³/mol. The van der Waals surface area contributed by atoms with Crippen molar-refractivity contribution in [3.05, 3.63) is 15.6 Å². The fourth-order valence-corrected chi connectivity index (χ4v) is 3.16. The summed E-state index contributed by atoms with van der Waals surface area (Å²) in [6.07, 6.45) is 2.10. The lowest BCUT2D eigenvalue weighted by atomic mass is 9.91. The summed E-state index contributed by atoms with van der Waals surface area (Å²) < 4.78 is 0. The topological polar surface area (TPSA) is 38.9 Å². The highest BCUT2D eigenvalue weighted by molar-refractivity contribution is 7.97. The van der Waals surface area contributed by atoms with Gasteiger partial charge in [-0.15, -0.1) is 11.3 Å². The Morgan fingerprint density at radius 1 is 1.43 bits per heavy atom. The van der Waals surface area contributed by atoms with Crippen molar-refractivity contribution < 1.29 is 0 Å². The molecule has 4 heteroatoms. The summed E-state index contributed by atoms with van der Waals surface area (Å²) in [7, 11) is 0. The molecular weight excluding hydrogens is 212 g/mol. The molecule has 2 nitrogen and oxygen atoms in total. The van der Waals surface area contributed by atoms with Gasteiger partial charge in [-0.1, -0.05) is 20.8 Å². The van der Waals surface area contributed by atoms with Crippen LogP contribution in [0.25, 0.3) is 0 Å². The van der Waals surface area contributed by atoms with Gasteiger partial charge in [0.05, 0.1) is 5.69 Å². The third-order valence-corrected chi connectivity index (χ3v) is 3.73. The average molecular weight is 230 g/mol. The summed E-state index contributed by atoms with van der Waals surface area (Å²) in [6, 6.07) is 0. The van der Waals surface area contributed by atoms with Gasteiger partial charge >= 0.3 is 0 Å². The van der Waals surface area contributed by atoms with Crippen LogP contribution in [0.15, 0.2) is 0 Å². The molecule has 0 amide bonds. The molecule has 1 rings (SSSR count). The van der Waals surface area contributed by atoms with E-state index in [1.807, 2.05) is 0 Å². The van der Waals surface area contributed by atoms with E-state index in [2.05, 4.69) is 32.0 Å². The van der Waals surface area contributed by atoms with Crippen molar-refractivity contribution in [3.63, 3.8) is 0 Å². The number of nitrogens with zero attached hydrogens (tertiary/aromatic N) is 1. The smallest absolute Gasteiger partial charge is 0.103 e. The van der Waals surface area contributed by atoms with Gasteiger partial charge in [-0.3, -0.25) is 0 Å². The summed E-state index contributed by atoms with van der Waals surface area (Å²) >= 11 is 3.56. The third-order valence-electron chi connectivity index (χ3n) is 1.91. The quantitative estimate of drug-likeness (QED) is 0.868. The van der Waals surface area contributed by atoms with E-state index < -0.39 is 0 Å². The predicted octanol–water partition coefficient (Wildman–Crippen LogP) is 2.76. The SMILES string of the molecule is CSCc1nc(C(C)(C)C)c(CN)s1. The second kappa shape index (κ2) is 4.64. The highest BCUT2D eigenvalue weighted by Gasteiger charge is 2.22. The third kappa shape index (κ3) is 2.72. The van der Waals surface area contributed by atoms with E-state index in [1.54, 1.807) is 23.1 Å². The molecule has 1 heterocycles. The van der Waals surface area contributed by atoms with Crippen molar-refractivity contribution in [3.8, 4) is 0 Å². The van der Waals surface area contributed by atoms with Crippen molar-refractivity contribution in [2.45, 2.75) is 38.5 Å². The molecule has 1 aromatic heterocycles. The van der Waals surface area contributed by atoms with Crippen molar-refractivity contribution in [1.29, 1.82) is 0 Å². The minimum Gasteiger partial charge on any atom is -0.326 e. The van der Waals surface area contributed by atoms with E-state index >= 15 is 0 Å². The fraction of sp³-hybridized carbons (Fsp3) is 0.700. The Balaban J connectivity index is 3.02. The first-order valence-corrected chi connectivity index (χ1v) is 6.88. The van der Waals surface area contributed by atoms with E-state index in [9.17, 15) is 0 Å². The minimum atomic E-state index is 0.113. The number of hydrogen-bond donors (Lipinski definition) is 1. The van der Waals surface area contributed by atoms with E-state index in [0.29, 0.717) is 6.54 Å². The molecule has 0 aliphatic carbocycles. The zero-order valence-corrected chi connectivity index (χ0v) is 10.9. The van der Waals surface area contributed by atoms with Gasteiger partial charge in [0.2, 0.25) is 0 Å². The number of rotatable bonds is 3. The average Bonchev–Trinajstić information content (AvgIpc) is 2.47. The Bertz CT molecular complexity index is 300. The van der Waals surface area contributed by atoms with Crippen LogP contribution in [-0.2, 0) is 17.7 Å². The van der Waals surface area contributed by atoms with E-state index in [-0.39, 0.29) is 5.41 Å². The highest BCUT2D eigenvalue weighted by Crippen LogP contribution is 2.30. The molecule has 0 saturated heterocycles. The monoisotopic (exact) mass is 230 g/mol. The van der Waals surface area contributed by atoms with Crippen LogP contribution in [0.2, 0.25) is 0 Å². The number of aromatic nitrogens is 1. The molecule has 80 valence electrons. The van der Waals surface area contributed by atoms with Crippen LogP contribution in [0.1, 0.15) is 36.3 Å². The molecule has 0 atom stereocenters. The molecule has 0 aliphatic rings. The van der Waals surface area contributed by atoms with Gasteiger partial charge in [0, 0.05) is 22.6 Å². The van der Waals surface area contributed by atoms with Gasteiger partial charge in [0.1, 0.15) is 5.01 Å². The second-order valence-corrected chi connectivity index (χ2v) is 6.30. The molecule has 0 radical (unpaired) electrons. The molecule has 14 heavy (non-hydrogen) atoms.